The lowest BCUT2D eigenvalue weighted by molar-refractivity contribution is -0.141. The van der Waals surface area contributed by atoms with Crippen LogP contribution in [-0.2, 0) is 16.0 Å². The first kappa shape index (κ1) is 15.0. The number of rotatable bonds is 6. The fraction of sp³-hybridized carbons (Fsp3) is 0.500. The number of methoxy groups -OCH3 is 1. The second kappa shape index (κ2) is 7.39. The molecule has 0 aliphatic carbocycles. The minimum atomic E-state index is -0.249. The van der Waals surface area contributed by atoms with Crippen molar-refractivity contribution in [3.05, 3.63) is 34.9 Å². The Labute approximate surface area is 113 Å². The highest BCUT2D eigenvalue weighted by molar-refractivity contribution is 6.30. The molecule has 0 radical (unpaired) electrons. The normalized spacial score (nSPS) is 14.0. The second-order valence-electron chi connectivity index (χ2n) is 4.71. The van der Waals surface area contributed by atoms with E-state index in [4.69, 9.17) is 17.3 Å². The summed E-state index contributed by atoms with van der Waals surface area (Å²) in [6, 6.07) is 7.67. The molecule has 2 atom stereocenters. The van der Waals surface area contributed by atoms with Crippen molar-refractivity contribution in [2.75, 3.05) is 7.11 Å². The van der Waals surface area contributed by atoms with Crippen LogP contribution in [0.3, 0.4) is 0 Å². The van der Waals surface area contributed by atoms with Gasteiger partial charge in [0, 0.05) is 11.1 Å². The Hall–Kier alpha value is -1.06. The van der Waals surface area contributed by atoms with Gasteiger partial charge in [0.25, 0.3) is 0 Å². The molecule has 18 heavy (non-hydrogen) atoms. The molecule has 0 bridgehead atoms. The molecular formula is C14H20ClNO2. The van der Waals surface area contributed by atoms with Gasteiger partial charge in [0.1, 0.15) is 0 Å². The van der Waals surface area contributed by atoms with Gasteiger partial charge in [-0.3, -0.25) is 4.79 Å². The number of carbonyl (C=O) groups is 1. The molecule has 0 spiro atoms. The molecule has 2 unspecified atom stereocenters. The SMILES string of the molecule is COC(=O)CC(N)CC(C)Cc1ccc(Cl)cc1. The van der Waals surface area contributed by atoms with Gasteiger partial charge in [0.15, 0.2) is 0 Å². The van der Waals surface area contributed by atoms with Crippen LogP contribution in [0.5, 0.6) is 0 Å². The molecular weight excluding hydrogens is 250 g/mol. The zero-order chi connectivity index (χ0) is 13.5. The highest BCUT2D eigenvalue weighted by atomic mass is 35.5. The molecule has 1 aromatic carbocycles. The van der Waals surface area contributed by atoms with Gasteiger partial charge in [-0.25, -0.2) is 0 Å². The Morgan fingerprint density at radius 1 is 1.39 bits per heavy atom. The topological polar surface area (TPSA) is 52.3 Å². The lowest BCUT2D eigenvalue weighted by Crippen LogP contribution is -2.27. The van der Waals surface area contributed by atoms with Crippen molar-refractivity contribution in [3.8, 4) is 0 Å². The number of carbonyl (C=O) groups excluding carboxylic acids is 1. The molecule has 0 aliphatic rings. The van der Waals surface area contributed by atoms with Crippen molar-refractivity contribution < 1.29 is 9.53 Å². The van der Waals surface area contributed by atoms with E-state index in [1.54, 1.807) is 0 Å². The maximum Gasteiger partial charge on any atom is 0.307 e. The maximum absolute atomic E-state index is 11.1. The third-order valence-corrected chi connectivity index (χ3v) is 3.11. The van der Waals surface area contributed by atoms with Gasteiger partial charge in [-0.2, -0.15) is 0 Å². The van der Waals surface area contributed by atoms with Crippen LogP contribution in [0.4, 0.5) is 0 Å². The Balaban J connectivity index is 2.39. The standard InChI is InChI=1S/C14H20ClNO2/c1-10(8-13(16)9-14(17)18-2)7-11-3-5-12(15)6-4-11/h3-6,10,13H,7-9,16H2,1-2H3. The average molecular weight is 270 g/mol. The van der Waals surface area contributed by atoms with Gasteiger partial charge in [-0.15, -0.1) is 0 Å². The lowest BCUT2D eigenvalue weighted by atomic mass is 9.93. The van der Waals surface area contributed by atoms with E-state index in [0.29, 0.717) is 5.92 Å². The van der Waals surface area contributed by atoms with Gasteiger partial charge < -0.3 is 10.5 Å². The number of halogens is 1. The third-order valence-electron chi connectivity index (χ3n) is 2.86. The monoisotopic (exact) mass is 269 g/mol. The van der Waals surface area contributed by atoms with Gasteiger partial charge in [-0.1, -0.05) is 30.7 Å². The van der Waals surface area contributed by atoms with Gasteiger partial charge >= 0.3 is 5.97 Å². The van der Waals surface area contributed by atoms with Crippen molar-refractivity contribution in [1.82, 2.24) is 0 Å². The Bertz CT molecular complexity index is 378. The summed E-state index contributed by atoms with van der Waals surface area (Å²) < 4.78 is 4.60. The summed E-state index contributed by atoms with van der Waals surface area (Å²) in [5, 5.41) is 0.744. The van der Waals surface area contributed by atoms with E-state index in [-0.39, 0.29) is 18.4 Å². The molecule has 0 amide bonds. The van der Waals surface area contributed by atoms with Crippen molar-refractivity contribution in [1.29, 1.82) is 0 Å². The molecule has 0 heterocycles. The minimum absolute atomic E-state index is 0.139. The molecule has 0 saturated heterocycles. The smallest absolute Gasteiger partial charge is 0.307 e. The minimum Gasteiger partial charge on any atom is -0.469 e. The largest absolute Gasteiger partial charge is 0.469 e. The quantitative estimate of drug-likeness (QED) is 0.808. The van der Waals surface area contributed by atoms with Crippen LogP contribution in [0.15, 0.2) is 24.3 Å². The highest BCUT2D eigenvalue weighted by Crippen LogP contribution is 2.16. The Kier molecular flexibility index (Phi) is 6.16. The summed E-state index contributed by atoms with van der Waals surface area (Å²) in [6.07, 6.45) is 2.02. The molecule has 0 fully saturated rings. The molecule has 3 nitrogen and oxygen atoms in total. The molecule has 2 N–H and O–H groups in total. The molecule has 1 aromatic rings. The van der Waals surface area contributed by atoms with Gasteiger partial charge in [0.05, 0.1) is 13.5 Å². The van der Waals surface area contributed by atoms with Crippen LogP contribution in [0.2, 0.25) is 5.02 Å². The van der Waals surface area contributed by atoms with Crippen LogP contribution in [0.1, 0.15) is 25.3 Å². The number of nitrogens with two attached hydrogens (primary N) is 1. The maximum atomic E-state index is 11.1. The first-order valence-corrected chi connectivity index (χ1v) is 6.46. The summed E-state index contributed by atoms with van der Waals surface area (Å²) >= 11 is 5.83. The fourth-order valence-corrected chi connectivity index (χ4v) is 2.13. The van der Waals surface area contributed by atoms with Crippen molar-refractivity contribution >= 4 is 17.6 Å². The van der Waals surface area contributed by atoms with Gasteiger partial charge in [0.2, 0.25) is 0 Å². The number of esters is 1. The molecule has 0 saturated carbocycles. The first-order chi connectivity index (χ1) is 8.51. The predicted molar refractivity (Wildman–Crippen MR) is 73.5 cm³/mol. The van der Waals surface area contributed by atoms with Gasteiger partial charge in [-0.05, 0) is 36.5 Å². The Morgan fingerprint density at radius 3 is 2.56 bits per heavy atom. The highest BCUT2D eigenvalue weighted by Gasteiger charge is 2.13. The fourth-order valence-electron chi connectivity index (χ4n) is 2.00. The average Bonchev–Trinajstić information content (AvgIpc) is 2.31. The molecule has 1 rings (SSSR count). The zero-order valence-corrected chi connectivity index (χ0v) is 11.6. The van der Waals surface area contributed by atoms with E-state index in [1.165, 1.54) is 12.7 Å². The van der Waals surface area contributed by atoms with Crippen LogP contribution in [-0.4, -0.2) is 19.1 Å². The summed E-state index contributed by atoms with van der Waals surface area (Å²) in [5.74, 6) is 0.173. The molecule has 0 aliphatic heterocycles. The number of ether oxygens (including phenoxy) is 1. The van der Waals surface area contributed by atoms with E-state index in [2.05, 4.69) is 11.7 Å². The second-order valence-corrected chi connectivity index (χ2v) is 5.15. The predicted octanol–water partition coefficient (Wildman–Crippen LogP) is 2.80. The van der Waals surface area contributed by atoms with E-state index in [0.717, 1.165) is 17.9 Å². The van der Waals surface area contributed by atoms with Crippen molar-refractivity contribution in [2.45, 2.75) is 32.2 Å². The summed E-state index contributed by atoms with van der Waals surface area (Å²) in [5.41, 5.74) is 7.14. The third kappa shape index (κ3) is 5.52. The summed E-state index contributed by atoms with van der Waals surface area (Å²) in [6.45, 7) is 2.13. The van der Waals surface area contributed by atoms with E-state index < -0.39 is 0 Å². The van der Waals surface area contributed by atoms with Crippen LogP contribution in [0.25, 0.3) is 0 Å². The Morgan fingerprint density at radius 2 is 2.00 bits per heavy atom. The van der Waals surface area contributed by atoms with E-state index in [1.807, 2.05) is 24.3 Å². The van der Waals surface area contributed by atoms with Crippen LogP contribution in [0, 0.1) is 5.92 Å². The van der Waals surface area contributed by atoms with Crippen molar-refractivity contribution in [2.24, 2.45) is 11.7 Å². The summed E-state index contributed by atoms with van der Waals surface area (Å²) in [4.78, 5) is 11.1. The number of benzene rings is 1. The lowest BCUT2D eigenvalue weighted by Gasteiger charge is -2.16. The van der Waals surface area contributed by atoms with Crippen LogP contribution >= 0.6 is 11.6 Å². The zero-order valence-electron chi connectivity index (χ0n) is 10.9. The summed E-state index contributed by atoms with van der Waals surface area (Å²) in [7, 11) is 1.38. The molecule has 0 aromatic heterocycles. The molecule has 100 valence electrons. The number of hydrogen-bond acceptors (Lipinski definition) is 3. The van der Waals surface area contributed by atoms with E-state index >= 15 is 0 Å². The first-order valence-electron chi connectivity index (χ1n) is 6.08. The molecule has 4 heteroatoms. The number of hydrogen-bond donors (Lipinski definition) is 1. The van der Waals surface area contributed by atoms with E-state index in [9.17, 15) is 4.79 Å². The van der Waals surface area contributed by atoms with Crippen molar-refractivity contribution in [3.63, 3.8) is 0 Å². The van der Waals surface area contributed by atoms with Crippen LogP contribution < -0.4 is 5.73 Å².